The lowest BCUT2D eigenvalue weighted by Crippen LogP contribution is -2.40. The number of carbonyl (C=O) groups is 1. The Balaban J connectivity index is 0.00000480. The van der Waals surface area contributed by atoms with Gasteiger partial charge >= 0.3 is 0 Å². The molecule has 9 heteroatoms. The van der Waals surface area contributed by atoms with E-state index < -0.39 is 5.82 Å². The highest BCUT2D eigenvalue weighted by Gasteiger charge is 2.08. The van der Waals surface area contributed by atoms with Crippen LogP contribution in [0.4, 0.5) is 10.1 Å². The molecule has 0 spiro atoms. The summed E-state index contributed by atoms with van der Waals surface area (Å²) in [6.45, 7) is 7.28. The highest BCUT2D eigenvalue weighted by atomic mass is 127. The van der Waals surface area contributed by atoms with E-state index in [1.54, 1.807) is 30.3 Å². The van der Waals surface area contributed by atoms with E-state index >= 15 is 0 Å². The van der Waals surface area contributed by atoms with Crippen LogP contribution in [0.1, 0.15) is 20.8 Å². The van der Waals surface area contributed by atoms with Crippen molar-refractivity contribution in [2.75, 3.05) is 31.6 Å². The van der Waals surface area contributed by atoms with E-state index in [9.17, 15) is 9.18 Å². The molecule has 31 heavy (non-hydrogen) atoms. The Bertz CT molecular complexity index is 851. The third kappa shape index (κ3) is 10.3. The molecule has 0 aliphatic heterocycles. The van der Waals surface area contributed by atoms with Crippen LogP contribution >= 0.6 is 24.0 Å². The van der Waals surface area contributed by atoms with Gasteiger partial charge in [-0.2, -0.15) is 0 Å². The quantitative estimate of drug-likeness (QED) is 0.184. The lowest BCUT2D eigenvalue weighted by atomic mass is 10.3. The molecule has 0 radical (unpaired) electrons. The van der Waals surface area contributed by atoms with Crippen molar-refractivity contribution in [3.8, 4) is 11.5 Å². The van der Waals surface area contributed by atoms with Gasteiger partial charge in [-0.05, 0) is 38.1 Å². The molecule has 0 saturated carbocycles. The van der Waals surface area contributed by atoms with Gasteiger partial charge in [0.2, 0.25) is 5.91 Å². The molecule has 170 valence electrons. The van der Waals surface area contributed by atoms with Crippen LogP contribution in [0.25, 0.3) is 0 Å². The first-order chi connectivity index (χ1) is 14.5. The van der Waals surface area contributed by atoms with Crippen LogP contribution in [0.5, 0.6) is 11.5 Å². The molecular weight excluding hydrogens is 514 g/mol. The van der Waals surface area contributed by atoms with Crippen LogP contribution in [-0.4, -0.2) is 44.2 Å². The average molecular weight is 544 g/mol. The van der Waals surface area contributed by atoms with Crippen molar-refractivity contribution in [2.24, 2.45) is 4.99 Å². The van der Waals surface area contributed by atoms with Crippen molar-refractivity contribution >= 4 is 41.5 Å². The predicted molar refractivity (Wildman–Crippen MR) is 132 cm³/mol. The van der Waals surface area contributed by atoms with Crippen LogP contribution in [0, 0.1) is 5.82 Å². The second-order valence-electron chi connectivity index (χ2n) is 6.56. The maximum atomic E-state index is 13.7. The lowest BCUT2D eigenvalue weighted by Gasteiger charge is -2.16. The third-order valence-electron chi connectivity index (χ3n) is 3.83. The normalized spacial score (nSPS) is 11.7. The summed E-state index contributed by atoms with van der Waals surface area (Å²) < 4.78 is 25.0. The third-order valence-corrected chi connectivity index (χ3v) is 3.83. The van der Waals surface area contributed by atoms with Gasteiger partial charge in [-0.15, -0.1) is 24.0 Å². The number of hydrogen-bond donors (Lipinski definition) is 3. The van der Waals surface area contributed by atoms with Gasteiger partial charge in [-0.25, -0.2) is 9.38 Å². The van der Waals surface area contributed by atoms with Crippen LogP contribution in [0.15, 0.2) is 53.5 Å². The van der Waals surface area contributed by atoms with Crippen LogP contribution < -0.4 is 25.4 Å². The smallest absolute Gasteiger partial charge is 0.221 e. The number of nitrogens with zero attached hydrogens (tertiary/aromatic N) is 1. The van der Waals surface area contributed by atoms with Gasteiger partial charge in [0.05, 0.1) is 13.1 Å². The number of amides is 1. The van der Waals surface area contributed by atoms with Gasteiger partial charge in [0.1, 0.15) is 18.5 Å². The van der Waals surface area contributed by atoms with Crippen LogP contribution in [0.3, 0.4) is 0 Å². The molecule has 0 aliphatic carbocycles. The summed E-state index contributed by atoms with van der Waals surface area (Å²) in [5.74, 6) is 0.980. The van der Waals surface area contributed by atoms with Crippen molar-refractivity contribution in [3.05, 3.63) is 54.3 Å². The van der Waals surface area contributed by atoms with E-state index in [0.29, 0.717) is 43.6 Å². The van der Waals surface area contributed by atoms with Gasteiger partial charge in [0.25, 0.3) is 0 Å². The molecule has 2 rings (SSSR count). The number of carbonyl (C=O) groups excluding carboxylic acids is 1. The Morgan fingerprint density at radius 1 is 1.16 bits per heavy atom. The molecule has 0 aromatic heterocycles. The summed E-state index contributed by atoms with van der Waals surface area (Å²) >= 11 is 0. The molecule has 0 heterocycles. The molecule has 3 N–H and O–H groups in total. The molecule has 2 aromatic rings. The number of aliphatic imine (C=N–C) groups is 1. The zero-order valence-electron chi connectivity index (χ0n) is 18.0. The zero-order chi connectivity index (χ0) is 21.8. The zero-order valence-corrected chi connectivity index (χ0v) is 20.3. The van der Waals surface area contributed by atoms with E-state index in [-0.39, 0.29) is 41.7 Å². The fraction of sp³-hybridized carbons (Fsp3) is 0.364. The molecular formula is C22H30FIN4O3. The number of guanidine groups is 1. The second-order valence-corrected chi connectivity index (χ2v) is 6.56. The summed E-state index contributed by atoms with van der Waals surface area (Å²) in [5, 5.41) is 9.05. The fourth-order valence-electron chi connectivity index (χ4n) is 2.56. The monoisotopic (exact) mass is 544 g/mol. The predicted octanol–water partition coefficient (Wildman–Crippen LogP) is 3.80. The van der Waals surface area contributed by atoms with Gasteiger partial charge < -0.3 is 25.4 Å². The standard InChI is InChI=1S/C22H29FN4O3.HI/c1-4-24-22(26-15-16(2)30-21-11-6-5-10-20(21)23)25-12-13-29-19-9-7-8-18(14-19)27-17(3)28;/h5-11,14,16H,4,12-13,15H2,1-3H3,(H,27,28)(H2,24,25,26);1H. The van der Waals surface area contributed by atoms with Gasteiger partial charge in [-0.1, -0.05) is 18.2 Å². The Labute approximate surface area is 199 Å². The molecule has 7 nitrogen and oxygen atoms in total. The molecule has 0 bridgehead atoms. The maximum absolute atomic E-state index is 13.7. The van der Waals surface area contributed by atoms with Gasteiger partial charge in [0.15, 0.2) is 17.5 Å². The number of halogens is 2. The minimum atomic E-state index is -0.391. The van der Waals surface area contributed by atoms with E-state index in [0.717, 1.165) is 0 Å². The summed E-state index contributed by atoms with van der Waals surface area (Å²) in [6.07, 6.45) is -0.287. The maximum Gasteiger partial charge on any atom is 0.221 e. The molecule has 1 amide bonds. The Hall–Kier alpha value is -2.56. The summed E-state index contributed by atoms with van der Waals surface area (Å²) in [6, 6.07) is 13.5. The van der Waals surface area contributed by atoms with Crippen molar-refractivity contribution in [2.45, 2.75) is 26.9 Å². The molecule has 0 aliphatic rings. The number of para-hydroxylation sites is 1. The summed E-state index contributed by atoms with van der Waals surface area (Å²) in [5.41, 5.74) is 0.687. The fourth-order valence-corrected chi connectivity index (χ4v) is 2.56. The minimum Gasteiger partial charge on any atom is -0.492 e. The molecule has 0 fully saturated rings. The number of anilines is 1. The van der Waals surface area contributed by atoms with Crippen molar-refractivity contribution in [1.82, 2.24) is 10.6 Å². The Morgan fingerprint density at radius 3 is 2.65 bits per heavy atom. The highest BCUT2D eigenvalue weighted by Crippen LogP contribution is 2.18. The Morgan fingerprint density at radius 2 is 1.94 bits per heavy atom. The van der Waals surface area contributed by atoms with Crippen LogP contribution in [-0.2, 0) is 4.79 Å². The molecule has 0 saturated heterocycles. The first-order valence-corrected chi connectivity index (χ1v) is 9.91. The topological polar surface area (TPSA) is 84.0 Å². The number of benzene rings is 2. The van der Waals surface area contributed by atoms with E-state index in [1.807, 2.05) is 26.0 Å². The van der Waals surface area contributed by atoms with Gasteiger partial charge in [-0.3, -0.25) is 4.79 Å². The largest absolute Gasteiger partial charge is 0.492 e. The lowest BCUT2D eigenvalue weighted by molar-refractivity contribution is -0.114. The minimum absolute atomic E-state index is 0. The molecule has 1 atom stereocenters. The van der Waals surface area contributed by atoms with Crippen LogP contribution in [0.2, 0.25) is 0 Å². The number of ether oxygens (including phenoxy) is 2. The summed E-state index contributed by atoms with van der Waals surface area (Å²) in [4.78, 5) is 15.6. The van der Waals surface area contributed by atoms with Gasteiger partial charge in [0, 0.05) is 25.2 Å². The first kappa shape index (κ1) is 26.5. The first-order valence-electron chi connectivity index (χ1n) is 9.91. The highest BCUT2D eigenvalue weighted by molar-refractivity contribution is 14.0. The average Bonchev–Trinajstić information content (AvgIpc) is 2.71. The SMILES string of the molecule is CCNC(=NCC(C)Oc1ccccc1F)NCCOc1cccc(NC(C)=O)c1.I. The number of rotatable bonds is 10. The number of hydrogen-bond acceptors (Lipinski definition) is 4. The second kappa shape index (κ2) is 14.4. The summed E-state index contributed by atoms with van der Waals surface area (Å²) in [7, 11) is 0. The molecule has 1 unspecified atom stereocenters. The van der Waals surface area contributed by atoms with Crippen molar-refractivity contribution in [1.29, 1.82) is 0 Å². The molecule has 2 aromatic carbocycles. The van der Waals surface area contributed by atoms with E-state index in [1.165, 1.54) is 13.0 Å². The van der Waals surface area contributed by atoms with Crippen molar-refractivity contribution < 1.29 is 18.7 Å². The number of nitrogens with one attached hydrogen (secondary N) is 3. The van der Waals surface area contributed by atoms with E-state index in [4.69, 9.17) is 9.47 Å². The Kier molecular flexibility index (Phi) is 12.3. The van der Waals surface area contributed by atoms with E-state index in [2.05, 4.69) is 20.9 Å². The van der Waals surface area contributed by atoms with Crippen molar-refractivity contribution in [3.63, 3.8) is 0 Å².